The lowest BCUT2D eigenvalue weighted by Crippen LogP contribution is -2.39. The van der Waals surface area contributed by atoms with Gasteiger partial charge in [0.25, 0.3) is 0 Å². The van der Waals surface area contributed by atoms with Crippen LogP contribution < -0.4 is 5.73 Å². The van der Waals surface area contributed by atoms with Gasteiger partial charge < -0.3 is 5.73 Å². The van der Waals surface area contributed by atoms with E-state index in [2.05, 4.69) is 11.9 Å². The van der Waals surface area contributed by atoms with E-state index in [4.69, 9.17) is 17.3 Å². The largest absolute Gasteiger partial charge is 0.399 e. The normalized spacial score (nSPS) is 27.7. The second-order valence-electron chi connectivity index (χ2n) is 5.89. The number of nitrogens with two attached hydrogens (primary N) is 1. The maximum atomic E-state index is 12.9. The van der Waals surface area contributed by atoms with Gasteiger partial charge in [0.15, 0.2) is 0 Å². The van der Waals surface area contributed by atoms with E-state index in [1.807, 2.05) is 0 Å². The molecule has 7 heteroatoms. The fourth-order valence-electron chi connectivity index (χ4n) is 3.35. The van der Waals surface area contributed by atoms with E-state index >= 15 is 0 Å². The van der Waals surface area contributed by atoms with Crippen LogP contribution in [0.15, 0.2) is 23.1 Å². The Bertz CT molecular complexity index is 650. The average Bonchev–Trinajstić information content (AvgIpc) is 2.65. The van der Waals surface area contributed by atoms with Gasteiger partial charge in [0.2, 0.25) is 10.0 Å². The van der Waals surface area contributed by atoms with Crippen LogP contribution in [-0.4, -0.2) is 49.8 Å². The van der Waals surface area contributed by atoms with Crippen LogP contribution in [0, 0.1) is 0 Å². The Morgan fingerprint density at radius 1 is 1.24 bits per heavy atom. The highest BCUT2D eigenvalue weighted by Crippen LogP contribution is 2.33. The highest BCUT2D eigenvalue weighted by Gasteiger charge is 2.39. The van der Waals surface area contributed by atoms with E-state index in [1.165, 1.54) is 6.07 Å². The van der Waals surface area contributed by atoms with Crippen molar-refractivity contribution >= 4 is 27.3 Å². The third kappa shape index (κ3) is 2.65. The Balaban J connectivity index is 1.93. The predicted molar refractivity (Wildman–Crippen MR) is 83.8 cm³/mol. The Kier molecular flexibility index (Phi) is 3.90. The molecule has 3 rings (SSSR count). The zero-order chi connectivity index (χ0) is 15.2. The highest BCUT2D eigenvalue weighted by molar-refractivity contribution is 7.89. The molecule has 2 aliphatic heterocycles. The number of anilines is 1. The van der Waals surface area contributed by atoms with Gasteiger partial charge in [-0.25, -0.2) is 8.42 Å². The van der Waals surface area contributed by atoms with Crippen LogP contribution in [0.25, 0.3) is 0 Å². The summed E-state index contributed by atoms with van der Waals surface area (Å²) in [6.07, 6.45) is 3.08. The quantitative estimate of drug-likeness (QED) is 0.840. The summed E-state index contributed by atoms with van der Waals surface area (Å²) in [5.74, 6) is 0. The standard InChI is InChI=1S/C14H20ClN3O2S/c1-17-11-3-4-12(17)9-18(7-6-11)21(19,20)14-8-10(16)2-5-13(14)15/h2,5,8,11-12H,3-4,6-7,9,16H2,1H3. The van der Waals surface area contributed by atoms with E-state index < -0.39 is 10.0 Å². The van der Waals surface area contributed by atoms with Crippen molar-refractivity contribution in [1.29, 1.82) is 0 Å². The van der Waals surface area contributed by atoms with Crippen molar-refractivity contribution in [2.45, 2.75) is 36.2 Å². The van der Waals surface area contributed by atoms with Crippen LogP contribution in [0.4, 0.5) is 5.69 Å². The van der Waals surface area contributed by atoms with Gasteiger partial charge in [0, 0.05) is 30.9 Å². The molecule has 1 aromatic carbocycles. The molecule has 2 N–H and O–H groups in total. The summed E-state index contributed by atoms with van der Waals surface area (Å²) in [6.45, 7) is 1.07. The summed E-state index contributed by atoms with van der Waals surface area (Å²) in [7, 11) is -1.50. The van der Waals surface area contributed by atoms with Crippen molar-refractivity contribution in [1.82, 2.24) is 9.21 Å². The molecule has 0 aliphatic carbocycles. The smallest absolute Gasteiger partial charge is 0.244 e. The van der Waals surface area contributed by atoms with Gasteiger partial charge in [0.05, 0.1) is 5.02 Å². The number of benzene rings is 1. The van der Waals surface area contributed by atoms with E-state index in [9.17, 15) is 8.42 Å². The number of likely N-dealkylation sites (N-methyl/N-ethyl adjacent to an activating group) is 1. The number of halogens is 1. The molecule has 2 saturated heterocycles. The Morgan fingerprint density at radius 2 is 1.95 bits per heavy atom. The minimum atomic E-state index is -3.59. The van der Waals surface area contributed by atoms with Gasteiger partial charge in [0.1, 0.15) is 4.90 Å². The third-order valence-electron chi connectivity index (χ3n) is 4.68. The minimum absolute atomic E-state index is 0.115. The van der Waals surface area contributed by atoms with Gasteiger partial charge in [-0.05, 0) is 44.5 Å². The lowest BCUT2D eigenvalue weighted by Gasteiger charge is -2.25. The molecule has 0 radical (unpaired) electrons. The first-order chi connectivity index (χ1) is 9.89. The Labute approximate surface area is 130 Å². The zero-order valence-electron chi connectivity index (χ0n) is 12.0. The van der Waals surface area contributed by atoms with Crippen LogP contribution >= 0.6 is 11.6 Å². The van der Waals surface area contributed by atoms with Crippen LogP contribution in [0.2, 0.25) is 5.02 Å². The summed E-state index contributed by atoms with van der Waals surface area (Å²) < 4.78 is 27.3. The number of nitrogens with zero attached hydrogens (tertiary/aromatic N) is 2. The second kappa shape index (κ2) is 5.43. The zero-order valence-corrected chi connectivity index (χ0v) is 13.6. The molecular weight excluding hydrogens is 310 g/mol. The average molecular weight is 330 g/mol. The van der Waals surface area contributed by atoms with E-state index in [0.29, 0.717) is 30.9 Å². The SMILES string of the molecule is CN1C2CCC1CN(S(=O)(=O)c1cc(N)ccc1Cl)CC2. The number of sulfonamides is 1. The van der Waals surface area contributed by atoms with Crippen LogP contribution in [0.3, 0.4) is 0 Å². The number of hydrogen-bond acceptors (Lipinski definition) is 4. The number of hydrogen-bond donors (Lipinski definition) is 1. The molecule has 21 heavy (non-hydrogen) atoms. The molecule has 2 unspecified atom stereocenters. The van der Waals surface area contributed by atoms with Crippen LogP contribution in [0.5, 0.6) is 0 Å². The van der Waals surface area contributed by atoms with Gasteiger partial charge in [-0.15, -0.1) is 0 Å². The van der Waals surface area contributed by atoms with Crippen molar-refractivity contribution in [3.63, 3.8) is 0 Å². The van der Waals surface area contributed by atoms with E-state index in [1.54, 1.807) is 16.4 Å². The van der Waals surface area contributed by atoms with Gasteiger partial charge >= 0.3 is 0 Å². The van der Waals surface area contributed by atoms with Crippen LogP contribution in [0.1, 0.15) is 19.3 Å². The van der Waals surface area contributed by atoms with Crippen molar-refractivity contribution in [2.75, 3.05) is 25.9 Å². The maximum Gasteiger partial charge on any atom is 0.244 e. The fraction of sp³-hybridized carbons (Fsp3) is 0.571. The molecule has 2 atom stereocenters. The Morgan fingerprint density at radius 3 is 2.71 bits per heavy atom. The maximum absolute atomic E-state index is 12.9. The van der Waals surface area contributed by atoms with Gasteiger partial charge in [-0.2, -0.15) is 4.31 Å². The summed E-state index contributed by atoms with van der Waals surface area (Å²) in [5, 5.41) is 0.229. The lowest BCUT2D eigenvalue weighted by molar-refractivity contribution is 0.246. The topological polar surface area (TPSA) is 66.6 Å². The molecule has 0 spiro atoms. The molecule has 0 aromatic heterocycles. The molecule has 116 valence electrons. The molecule has 2 bridgehead atoms. The second-order valence-corrected chi connectivity index (χ2v) is 8.21. The Hall–Kier alpha value is -0.820. The molecule has 1 aromatic rings. The summed E-state index contributed by atoms with van der Waals surface area (Å²) in [5.41, 5.74) is 6.13. The van der Waals surface area contributed by atoms with E-state index in [-0.39, 0.29) is 9.92 Å². The first kappa shape index (κ1) is 15.1. The predicted octanol–water partition coefficient (Wildman–Crippen LogP) is 1.78. The lowest BCUT2D eigenvalue weighted by atomic mass is 10.1. The monoisotopic (exact) mass is 329 g/mol. The van der Waals surface area contributed by atoms with Crippen molar-refractivity contribution in [3.05, 3.63) is 23.2 Å². The molecule has 2 heterocycles. The number of nitrogen functional groups attached to an aromatic ring is 1. The third-order valence-corrected chi connectivity index (χ3v) is 7.03. The van der Waals surface area contributed by atoms with Gasteiger partial charge in [-0.3, -0.25) is 4.90 Å². The first-order valence-corrected chi connectivity index (χ1v) is 8.98. The first-order valence-electron chi connectivity index (χ1n) is 7.16. The molecule has 2 aliphatic rings. The van der Waals surface area contributed by atoms with Gasteiger partial charge in [-0.1, -0.05) is 11.6 Å². The molecule has 0 saturated carbocycles. The summed E-state index contributed by atoms with van der Waals surface area (Å²) in [6, 6.07) is 5.39. The molecule has 0 amide bonds. The molecule has 5 nitrogen and oxygen atoms in total. The molecular formula is C14H20ClN3O2S. The highest BCUT2D eigenvalue weighted by atomic mass is 35.5. The summed E-state index contributed by atoms with van der Waals surface area (Å²) in [4.78, 5) is 2.43. The van der Waals surface area contributed by atoms with Crippen molar-refractivity contribution < 1.29 is 8.42 Å². The van der Waals surface area contributed by atoms with Crippen molar-refractivity contribution in [2.24, 2.45) is 0 Å². The minimum Gasteiger partial charge on any atom is -0.399 e. The molecule has 2 fully saturated rings. The number of fused-ring (bicyclic) bond motifs is 2. The van der Waals surface area contributed by atoms with Crippen LogP contribution in [-0.2, 0) is 10.0 Å². The fourth-order valence-corrected chi connectivity index (χ4v) is 5.35. The van der Waals surface area contributed by atoms with Crippen molar-refractivity contribution in [3.8, 4) is 0 Å². The van der Waals surface area contributed by atoms with E-state index in [0.717, 1.165) is 19.3 Å². The summed E-state index contributed by atoms with van der Waals surface area (Å²) >= 11 is 6.08. The number of rotatable bonds is 2.